The van der Waals surface area contributed by atoms with Crippen molar-refractivity contribution in [3.8, 4) is 0 Å². The van der Waals surface area contributed by atoms with Gasteiger partial charge in [-0.3, -0.25) is 44.9 Å². The van der Waals surface area contributed by atoms with E-state index in [4.69, 9.17) is 0 Å². The van der Waals surface area contributed by atoms with Gasteiger partial charge in [0.1, 0.15) is 33.6 Å². The van der Waals surface area contributed by atoms with Gasteiger partial charge in [-0.2, -0.15) is 0 Å². The molecule has 0 bridgehead atoms. The monoisotopic (exact) mass is 2840 g/mol. The third-order valence-corrected chi connectivity index (χ3v) is 20.7. The van der Waals surface area contributed by atoms with Crippen LogP contribution in [0.1, 0.15) is 424 Å². The van der Waals surface area contributed by atoms with Crippen molar-refractivity contribution in [3.05, 3.63) is 0 Å². The van der Waals surface area contributed by atoms with Gasteiger partial charge in [-0.05, 0) is 240 Å². The van der Waals surface area contributed by atoms with Gasteiger partial charge in [-0.25, -0.2) is 0 Å². The Morgan fingerprint density at radius 1 is 0.217 bits per heavy atom. The molecule has 0 aliphatic rings. The molecule has 0 rings (SSSR count). The van der Waals surface area contributed by atoms with Crippen LogP contribution in [0, 0.1) is 393 Å². The zero-order valence-corrected chi connectivity index (χ0v) is 114. The third kappa shape index (κ3) is 82.9. The fourth-order valence-electron chi connectivity index (χ4n) is 13.1. The van der Waals surface area contributed by atoms with Gasteiger partial charge in [-0.15, -0.1) is 0 Å². The van der Waals surface area contributed by atoms with Crippen molar-refractivity contribution in [2.24, 2.45) is 62.7 Å². The second-order valence-corrected chi connectivity index (χ2v) is 33.2. The van der Waals surface area contributed by atoms with Gasteiger partial charge >= 0.3 is 0 Å². The van der Waals surface area contributed by atoms with Gasteiger partial charge in [0, 0.05) is 486 Å². The molecule has 27 heteroatoms. The number of aliphatic imine (C=N–C) groups is 9. The van der Waals surface area contributed by atoms with Crippen molar-refractivity contribution in [1.82, 2.24) is 0 Å². The Bertz CT molecular complexity index is 2570. The van der Waals surface area contributed by atoms with E-state index in [1.807, 2.05) is 166 Å². The van der Waals surface area contributed by atoms with Gasteiger partial charge < -0.3 is 46.0 Å². The molecule has 0 saturated heterocycles. The van der Waals surface area contributed by atoms with Gasteiger partial charge in [0.05, 0.1) is 16.8 Å². The molecule has 0 aromatic rings. The van der Waals surface area contributed by atoms with Gasteiger partial charge in [0.2, 0.25) is 0 Å². The summed E-state index contributed by atoms with van der Waals surface area (Å²) in [4.78, 5) is 38.1. The average molecular weight is 2840 g/mol. The van der Waals surface area contributed by atoms with Crippen LogP contribution in [0.25, 0.3) is 0 Å². The summed E-state index contributed by atoms with van der Waals surface area (Å²) in [5.74, 6) is 0.703. The van der Waals surface area contributed by atoms with E-state index in [-0.39, 0.29) is 412 Å². The maximum Gasteiger partial charge on any atom is 0.104 e. The molecule has 6 unspecified atom stereocenters. The molecule has 0 aliphatic heterocycles. The fraction of sp³-hybridized carbons (Fsp3) is 0.903. The minimum Gasteiger partial charge on any atom is -0.384 e. The molecule has 0 radical (unpaired) electrons. The Morgan fingerprint density at radius 2 is 0.400 bits per heavy atom. The zero-order chi connectivity index (χ0) is 89.6. The predicted octanol–water partition coefficient (Wildman–Crippen LogP) is 22.4. The van der Waals surface area contributed by atoms with Crippen LogP contribution in [0.4, 0.5) is 0 Å². The van der Waals surface area contributed by atoms with Crippen LogP contribution in [0.15, 0.2) is 44.9 Å². The molecule has 18 nitrogen and oxygen atoms in total. The first-order valence-electron chi connectivity index (χ1n) is 44.0. The van der Waals surface area contributed by atoms with E-state index in [2.05, 4.69) is 142 Å². The minimum atomic E-state index is -0.709. The Hall–Kier alpha value is 9.06. The topological polar surface area (TPSA) is 293 Å². The molecule has 702 valence electrons. The molecule has 0 aromatic carbocycles. The Labute approximate surface area is 1050 Å². The Kier molecular flexibility index (Phi) is 142. The summed E-state index contributed by atoms with van der Waals surface area (Å²) in [7, 11) is 5.18. The first-order valence-corrected chi connectivity index (χ1v) is 44.0. The number of rotatable bonds is 42. The van der Waals surface area contributed by atoms with Crippen LogP contribution in [-0.4, -0.2) is 207 Å². The van der Waals surface area contributed by atoms with E-state index >= 15 is 0 Å². The van der Waals surface area contributed by atoms with E-state index in [0.717, 1.165) is 225 Å². The van der Waals surface area contributed by atoms with Crippen molar-refractivity contribution in [1.29, 1.82) is 0 Å². The molecule has 120 heavy (non-hydrogen) atoms. The second-order valence-electron chi connectivity index (χ2n) is 33.2. The van der Waals surface area contributed by atoms with Gasteiger partial charge in [-0.1, -0.05) is 202 Å². The second kappa shape index (κ2) is 99.6. The predicted molar refractivity (Wildman–Crippen MR) is 498 cm³/mol. The van der Waals surface area contributed by atoms with Crippen LogP contribution in [0.2, 0.25) is 0 Å². The quantitative estimate of drug-likeness (QED) is 0.0262. The maximum atomic E-state index is 10.5. The first-order chi connectivity index (χ1) is 51.0. The molecule has 9 N–H and O–H groups in total. The summed E-state index contributed by atoms with van der Waals surface area (Å²) in [6.45, 7) is 80.4. The number of hydrogen-bond acceptors (Lipinski definition) is 18. The molecule has 0 aliphatic carbocycles. The average Bonchev–Trinajstić information content (AvgIpc) is 0.837. The molecule has 0 heterocycles. The number of aliphatic hydroxyl groups is 9. The van der Waals surface area contributed by atoms with E-state index in [1.54, 1.807) is 28.1 Å². The third-order valence-electron chi connectivity index (χ3n) is 20.7. The van der Waals surface area contributed by atoms with Crippen LogP contribution >= 0.6 is 0 Å². The van der Waals surface area contributed by atoms with Crippen molar-refractivity contribution in [3.63, 3.8) is 0 Å². The Morgan fingerprint density at radius 3 is 0.625 bits per heavy atom. The summed E-state index contributed by atoms with van der Waals surface area (Å²) in [6, 6.07) is 0.806. The van der Waals surface area contributed by atoms with E-state index in [1.165, 1.54) is 0 Å². The molecule has 0 fully saturated rings. The smallest absolute Gasteiger partial charge is 0.104 e. The van der Waals surface area contributed by atoms with Crippen molar-refractivity contribution in [2.75, 3.05) is 40.8 Å². The molecule has 0 saturated carbocycles. The molecular weight excluding hydrogens is 2650 g/mol. The molecular formula is C93H195Ce9N9O9. The summed E-state index contributed by atoms with van der Waals surface area (Å²) < 4.78 is 0. The summed E-state index contributed by atoms with van der Waals surface area (Å²) in [5.41, 5.74) is 1.67. The first kappa shape index (κ1) is 172. The molecule has 0 amide bonds. The van der Waals surface area contributed by atoms with E-state index in [9.17, 15) is 46.0 Å². The van der Waals surface area contributed by atoms with Crippen LogP contribution < -0.4 is 0 Å². The molecule has 0 spiro atoms. The number of hydrogen-bond donors (Lipinski definition) is 9. The van der Waals surface area contributed by atoms with Crippen molar-refractivity contribution in [2.45, 2.75) is 493 Å². The standard InChI is InChI=1S/2C12H25NO.2C11H23NO.3C10H21NO.C9H19NO.C8H17NO.9Ce/c1-7-8-12(14,9(2)3)11(6)13-10(4)5;1-6-8-12(14,9-7-2)11(5)13-10(3)4;1-6-8-11(13,9(3)4)10(5)12-7-2;1-5-8-11(13,9-6-2)10(4)12-7-3;1-6-7-10(12,8(2)3)9(4)11-5;1-6-7-10(5,12)9(4)11-8(2)3;1-5-7-10(12,8-6-2)9(3)11-4;1-5-7-9(4,11)8(3)10-6-2;1-5-6-8(3,10)7(2)9-4;;;;;;;;;/h9-10,14H,7-8H2,1-6H3;10,14H,6-9H2,1-5H3;9,13H,6-8H2,1-5H3;13H,5-9H2,1-4H3;2*8,12H,6-7H2,1-5H3;12H,5-8H2,1-4H3;11H,5-7H2,1-4H3;10H,5-6H2,1-4H3;;;;;;;;;. The van der Waals surface area contributed by atoms with Crippen molar-refractivity contribution >= 4 is 51.4 Å². The van der Waals surface area contributed by atoms with Gasteiger partial charge in [0.15, 0.2) is 0 Å². The molecule has 0 aromatic heterocycles. The van der Waals surface area contributed by atoms with Crippen LogP contribution in [0.5, 0.6) is 0 Å². The van der Waals surface area contributed by atoms with Crippen molar-refractivity contribution < 1.29 is 422 Å². The van der Waals surface area contributed by atoms with E-state index < -0.39 is 50.4 Å². The van der Waals surface area contributed by atoms with E-state index in [0.29, 0.717) is 0 Å². The van der Waals surface area contributed by atoms with Crippen LogP contribution in [0.3, 0.4) is 0 Å². The Balaban J connectivity index is -0.0000000605. The normalized spacial score (nSPS) is 15.2. The largest absolute Gasteiger partial charge is 0.384 e. The summed E-state index contributed by atoms with van der Waals surface area (Å²) in [5, 5.41) is 91.2. The summed E-state index contributed by atoms with van der Waals surface area (Å²) >= 11 is 0. The summed E-state index contributed by atoms with van der Waals surface area (Å²) in [6.07, 6.45) is 21.7. The zero-order valence-electron chi connectivity index (χ0n) is 86.1. The fourth-order valence-corrected chi connectivity index (χ4v) is 13.1. The minimum absolute atomic E-state index is 0. The SMILES string of the molecule is CCCC(C)(O)C(C)=NC.CCCC(C)(O)C(C)=NC(C)C.CCCC(C)(O)C(C)=NCC.CCCC(O)(C(C)=NC(C)C)C(C)C.CCCC(O)(C(C)=NC)C(C)C.CCCC(O)(C(C)=NCC)C(C)C.CCCC(O)(CCC)C(C)=NC.CCCC(O)(CCC)C(C)=NC(C)C.CCCC(O)(CCC)C(C)=NCC.[Ce].[Ce].[Ce].[Ce].[Ce].[Ce].[Ce].[Ce].[Ce]. The van der Waals surface area contributed by atoms with Crippen LogP contribution in [-0.2, 0) is 0 Å². The maximum absolute atomic E-state index is 10.5. The number of nitrogens with zero attached hydrogens (tertiary/aromatic N) is 9. The van der Waals surface area contributed by atoms with Gasteiger partial charge in [0.25, 0.3) is 0 Å². The molecule has 6 atom stereocenters.